The van der Waals surface area contributed by atoms with E-state index in [1.54, 1.807) is 18.2 Å². The van der Waals surface area contributed by atoms with Crippen molar-refractivity contribution < 1.29 is 4.39 Å². The number of benzene rings is 1. The number of guanidine groups is 1. The van der Waals surface area contributed by atoms with Crippen LogP contribution in [0, 0.1) is 5.82 Å². The van der Waals surface area contributed by atoms with E-state index in [1.165, 1.54) is 0 Å². The lowest BCUT2D eigenvalue weighted by atomic mass is 10.1. The van der Waals surface area contributed by atoms with Gasteiger partial charge in [-0.1, -0.05) is 37.6 Å². The minimum atomic E-state index is -0.373. The SMILES string of the molecule is CCN(CC)CCN1C(N)=NCC1c1cccc(Cl)c1F. The summed E-state index contributed by atoms with van der Waals surface area (Å²) < 4.78 is 14.2. The lowest BCUT2D eigenvalue weighted by Gasteiger charge is -2.29. The molecule has 0 fully saturated rings. The van der Waals surface area contributed by atoms with Crippen molar-refractivity contribution in [1.82, 2.24) is 9.80 Å². The van der Waals surface area contributed by atoms with Crippen molar-refractivity contribution in [2.24, 2.45) is 10.7 Å². The van der Waals surface area contributed by atoms with E-state index >= 15 is 0 Å². The minimum absolute atomic E-state index is 0.140. The number of likely N-dealkylation sites (N-methyl/N-ethyl adjacent to an activating group) is 1. The second-order valence-corrected chi connectivity index (χ2v) is 5.49. The maximum Gasteiger partial charge on any atom is 0.191 e. The van der Waals surface area contributed by atoms with Crippen molar-refractivity contribution in [3.8, 4) is 0 Å². The molecule has 0 bridgehead atoms. The van der Waals surface area contributed by atoms with Gasteiger partial charge in [0, 0.05) is 18.7 Å². The van der Waals surface area contributed by atoms with Crippen molar-refractivity contribution in [3.63, 3.8) is 0 Å². The standard InChI is InChI=1S/C15H22ClFN4/c1-3-20(4-2)8-9-21-13(10-19-15(21)18)11-6-5-7-12(16)14(11)17/h5-7,13H,3-4,8-10H2,1-2H3,(H2,18,19). The highest BCUT2D eigenvalue weighted by Gasteiger charge is 2.30. The average molecular weight is 313 g/mol. The Balaban J connectivity index is 2.14. The fraction of sp³-hybridized carbons (Fsp3) is 0.533. The summed E-state index contributed by atoms with van der Waals surface area (Å²) in [7, 11) is 0. The van der Waals surface area contributed by atoms with Crippen LogP contribution in [-0.4, -0.2) is 48.5 Å². The number of halogens is 2. The summed E-state index contributed by atoms with van der Waals surface area (Å²) in [5, 5.41) is 0.140. The Hall–Kier alpha value is -1.33. The minimum Gasteiger partial charge on any atom is -0.370 e. The van der Waals surface area contributed by atoms with Gasteiger partial charge in [-0.25, -0.2) is 4.39 Å². The van der Waals surface area contributed by atoms with Crippen LogP contribution in [0.1, 0.15) is 25.5 Å². The van der Waals surface area contributed by atoms with Crippen LogP contribution < -0.4 is 5.73 Å². The van der Waals surface area contributed by atoms with Gasteiger partial charge in [0.1, 0.15) is 5.82 Å². The summed E-state index contributed by atoms with van der Waals surface area (Å²) in [6.07, 6.45) is 0. The van der Waals surface area contributed by atoms with Crippen LogP contribution >= 0.6 is 11.6 Å². The number of nitrogens with zero attached hydrogens (tertiary/aromatic N) is 3. The predicted octanol–water partition coefficient (Wildman–Crippen LogP) is 2.49. The quantitative estimate of drug-likeness (QED) is 0.878. The van der Waals surface area contributed by atoms with Gasteiger partial charge >= 0.3 is 0 Å². The Labute approximate surface area is 130 Å². The van der Waals surface area contributed by atoms with Gasteiger partial charge in [-0.05, 0) is 19.2 Å². The first-order valence-corrected chi connectivity index (χ1v) is 7.69. The van der Waals surface area contributed by atoms with Gasteiger partial charge in [0.05, 0.1) is 17.6 Å². The largest absolute Gasteiger partial charge is 0.370 e. The molecule has 1 unspecified atom stereocenters. The van der Waals surface area contributed by atoms with Gasteiger partial charge in [-0.2, -0.15) is 0 Å². The Kier molecular flexibility index (Phi) is 5.42. The second kappa shape index (κ2) is 7.09. The molecule has 0 saturated heterocycles. The normalized spacial score (nSPS) is 18.4. The number of nitrogens with two attached hydrogens (primary N) is 1. The lowest BCUT2D eigenvalue weighted by molar-refractivity contribution is 0.246. The van der Waals surface area contributed by atoms with Gasteiger partial charge in [0.25, 0.3) is 0 Å². The summed E-state index contributed by atoms with van der Waals surface area (Å²) in [5.74, 6) is 0.105. The monoisotopic (exact) mass is 312 g/mol. The molecule has 1 aromatic rings. The number of rotatable bonds is 6. The predicted molar refractivity (Wildman–Crippen MR) is 85.1 cm³/mol. The molecule has 0 spiro atoms. The molecular weight excluding hydrogens is 291 g/mol. The molecule has 2 rings (SSSR count). The summed E-state index contributed by atoms with van der Waals surface area (Å²) in [6, 6.07) is 4.90. The topological polar surface area (TPSA) is 44.9 Å². The summed E-state index contributed by atoms with van der Waals surface area (Å²) >= 11 is 5.88. The van der Waals surface area contributed by atoms with Gasteiger partial charge in [0.15, 0.2) is 5.96 Å². The molecule has 1 atom stereocenters. The molecule has 0 saturated carbocycles. The molecule has 1 heterocycles. The molecule has 6 heteroatoms. The lowest BCUT2D eigenvalue weighted by Crippen LogP contribution is -2.41. The Morgan fingerprint density at radius 2 is 2.14 bits per heavy atom. The fourth-order valence-electron chi connectivity index (χ4n) is 2.63. The molecule has 1 aliphatic rings. The van der Waals surface area contributed by atoms with Crippen molar-refractivity contribution in [2.45, 2.75) is 19.9 Å². The van der Waals surface area contributed by atoms with E-state index in [2.05, 4.69) is 23.7 Å². The molecule has 116 valence electrons. The number of hydrogen-bond acceptors (Lipinski definition) is 4. The first kappa shape index (κ1) is 16.0. The van der Waals surface area contributed by atoms with E-state index in [9.17, 15) is 4.39 Å². The van der Waals surface area contributed by atoms with Crippen molar-refractivity contribution in [3.05, 3.63) is 34.6 Å². The van der Waals surface area contributed by atoms with Gasteiger partial charge < -0.3 is 15.5 Å². The van der Waals surface area contributed by atoms with Crippen LogP contribution in [-0.2, 0) is 0 Å². The molecule has 0 aromatic heterocycles. The van der Waals surface area contributed by atoms with Crippen LogP contribution in [0.25, 0.3) is 0 Å². The highest BCUT2D eigenvalue weighted by atomic mass is 35.5. The number of hydrogen-bond donors (Lipinski definition) is 1. The smallest absolute Gasteiger partial charge is 0.191 e. The molecular formula is C15H22ClFN4. The summed E-state index contributed by atoms with van der Waals surface area (Å²) in [6.45, 7) is 8.30. The average Bonchev–Trinajstić information content (AvgIpc) is 2.84. The van der Waals surface area contributed by atoms with Crippen molar-refractivity contribution in [2.75, 3.05) is 32.7 Å². The van der Waals surface area contributed by atoms with E-state index in [0.717, 1.165) is 26.2 Å². The molecule has 4 nitrogen and oxygen atoms in total. The molecule has 0 radical (unpaired) electrons. The molecule has 0 amide bonds. The Bertz CT molecular complexity index is 516. The third-order valence-electron chi connectivity index (χ3n) is 3.99. The van der Waals surface area contributed by atoms with Gasteiger partial charge in [0.2, 0.25) is 0 Å². The molecule has 1 aromatic carbocycles. The Morgan fingerprint density at radius 1 is 1.43 bits per heavy atom. The molecule has 2 N–H and O–H groups in total. The van der Waals surface area contributed by atoms with E-state index in [4.69, 9.17) is 17.3 Å². The van der Waals surface area contributed by atoms with Crippen molar-refractivity contribution in [1.29, 1.82) is 0 Å². The zero-order chi connectivity index (χ0) is 15.4. The molecule has 1 aliphatic heterocycles. The van der Waals surface area contributed by atoms with E-state index < -0.39 is 0 Å². The Morgan fingerprint density at radius 3 is 2.81 bits per heavy atom. The van der Waals surface area contributed by atoms with Crippen LogP contribution in [0.15, 0.2) is 23.2 Å². The van der Waals surface area contributed by atoms with E-state index in [0.29, 0.717) is 18.1 Å². The first-order valence-electron chi connectivity index (χ1n) is 7.31. The summed E-state index contributed by atoms with van der Waals surface area (Å²) in [5.41, 5.74) is 6.53. The highest BCUT2D eigenvalue weighted by molar-refractivity contribution is 6.30. The van der Waals surface area contributed by atoms with Crippen LogP contribution in [0.5, 0.6) is 0 Å². The maximum atomic E-state index is 14.2. The second-order valence-electron chi connectivity index (χ2n) is 5.08. The first-order chi connectivity index (χ1) is 10.1. The van der Waals surface area contributed by atoms with Crippen LogP contribution in [0.4, 0.5) is 4.39 Å². The zero-order valence-electron chi connectivity index (χ0n) is 12.5. The van der Waals surface area contributed by atoms with Crippen LogP contribution in [0.2, 0.25) is 5.02 Å². The van der Waals surface area contributed by atoms with Crippen molar-refractivity contribution >= 4 is 17.6 Å². The fourth-order valence-corrected chi connectivity index (χ4v) is 2.81. The third-order valence-corrected chi connectivity index (χ3v) is 4.28. The maximum absolute atomic E-state index is 14.2. The molecule has 21 heavy (non-hydrogen) atoms. The van der Waals surface area contributed by atoms with E-state index in [1.807, 2.05) is 4.90 Å². The zero-order valence-corrected chi connectivity index (χ0v) is 13.3. The summed E-state index contributed by atoms with van der Waals surface area (Å²) in [4.78, 5) is 8.54. The number of aliphatic imine (C=N–C) groups is 1. The van der Waals surface area contributed by atoms with Crippen LogP contribution in [0.3, 0.4) is 0 Å². The molecule has 0 aliphatic carbocycles. The van der Waals surface area contributed by atoms with Gasteiger partial charge in [-0.3, -0.25) is 4.99 Å². The van der Waals surface area contributed by atoms with E-state index in [-0.39, 0.29) is 16.9 Å². The van der Waals surface area contributed by atoms with Gasteiger partial charge in [-0.15, -0.1) is 0 Å². The third kappa shape index (κ3) is 3.47. The highest BCUT2D eigenvalue weighted by Crippen LogP contribution is 2.30.